The molecule has 0 atom stereocenters. The van der Waals surface area contributed by atoms with Crippen molar-refractivity contribution in [1.29, 1.82) is 0 Å². The molecule has 0 saturated heterocycles. The number of esters is 1. The van der Waals surface area contributed by atoms with E-state index in [0.29, 0.717) is 26.3 Å². The Labute approximate surface area is 131 Å². The van der Waals surface area contributed by atoms with Crippen LogP contribution >= 0.6 is 23.4 Å². The van der Waals surface area contributed by atoms with Crippen molar-refractivity contribution in [3.05, 3.63) is 40.7 Å². The maximum Gasteiger partial charge on any atom is 0.339 e. The third-order valence-corrected chi connectivity index (χ3v) is 3.96. The zero-order chi connectivity index (χ0) is 15.4. The number of nitrogens with two attached hydrogens (primary N) is 1. The lowest BCUT2D eigenvalue weighted by Crippen LogP contribution is -2.07. The van der Waals surface area contributed by atoms with Crippen LogP contribution in [0.4, 0.5) is 5.69 Å². The van der Waals surface area contributed by atoms with Gasteiger partial charge in [0.25, 0.3) is 0 Å². The van der Waals surface area contributed by atoms with Crippen LogP contribution in [0, 0.1) is 6.92 Å². The molecule has 1 aromatic carbocycles. The maximum absolute atomic E-state index is 12.0. The second kappa shape index (κ2) is 6.78. The first-order valence-electron chi connectivity index (χ1n) is 6.25. The molecule has 0 bridgehead atoms. The summed E-state index contributed by atoms with van der Waals surface area (Å²) in [5, 5.41) is 0.875. The zero-order valence-electron chi connectivity index (χ0n) is 11.6. The van der Waals surface area contributed by atoms with Crippen LogP contribution in [0.3, 0.4) is 0 Å². The summed E-state index contributed by atoms with van der Waals surface area (Å²) in [6.07, 6.45) is 1.65. The van der Waals surface area contributed by atoms with E-state index in [1.807, 2.05) is 6.92 Å². The third-order valence-electron chi connectivity index (χ3n) is 2.53. The minimum Gasteiger partial charge on any atom is -0.462 e. The quantitative estimate of drug-likeness (QED) is 0.528. The van der Waals surface area contributed by atoms with Crippen LogP contribution in [0.25, 0.3) is 0 Å². The summed E-state index contributed by atoms with van der Waals surface area (Å²) in [6.45, 7) is 3.88. The number of benzene rings is 1. The molecule has 5 nitrogen and oxygen atoms in total. The highest BCUT2D eigenvalue weighted by molar-refractivity contribution is 7.99. The Hall–Kier alpha value is -1.79. The van der Waals surface area contributed by atoms with Gasteiger partial charge in [-0.05, 0) is 43.8 Å². The number of hydrogen-bond donors (Lipinski definition) is 1. The summed E-state index contributed by atoms with van der Waals surface area (Å²) in [6, 6.07) is 4.92. The highest BCUT2D eigenvalue weighted by Gasteiger charge is 2.19. The van der Waals surface area contributed by atoms with Gasteiger partial charge in [0.2, 0.25) is 0 Å². The molecule has 21 heavy (non-hydrogen) atoms. The van der Waals surface area contributed by atoms with Gasteiger partial charge in [-0.3, -0.25) is 0 Å². The molecule has 0 aliphatic carbocycles. The van der Waals surface area contributed by atoms with Crippen LogP contribution in [0.15, 0.2) is 34.4 Å². The molecule has 0 amide bonds. The molecule has 2 aromatic rings. The van der Waals surface area contributed by atoms with Crippen LogP contribution in [-0.2, 0) is 4.74 Å². The van der Waals surface area contributed by atoms with E-state index in [1.165, 1.54) is 11.8 Å². The summed E-state index contributed by atoms with van der Waals surface area (Å²) in [7, 11) is 0. The van der Waals surface area contributed by atoms with Crippen molar-refractivity contribution in [2.24, 2.45) is 0 Å². The molecular weight excluding hydrogens is 310 g/mol. The number of ether oxygens (including phenoxy) is 1. The number of carbonyl (C=O) groups excluding carboxylic acids is 1. The van der Waals surface area contributed by atoms with Crippen molar-refractivity contribution < 1.29 is 9.53 Å². The van der Waals surface area contributed by atoms with Crippen molar-refractivity contribution in [2.45, 2.75) is 23.9 Å². The fraction of sp³-hybridized carbons (Fsp3) is 0.214. The Kier molecular flexibility index (Phi) is 5.03. The van der Waals surface area contributed by atoms with Crippen molar-refractivity contribution in [2.75, 3.05) is 12.3 Å². The van der Waals surface area contributed by atoms with Gasteiger partial charge in [0.1, 0.15) is 0 Å². The SMILES string of the molecule is CCOC(=O)c1cc(N)cc(Cl)c1Sc1nccc(C)n1. The van der Waals surface area contributed by atoms with Gasteiger partial charge in [0.05, 0.1) is 17.2 Å². The Bertz CT molecular complexity index is 679. The smallest absolute Gasteiger partial charge is 0.339 e. The molecule has 0 spiro atoms. The second-order valence-corrected chi connectivity index (χ2v) is 5.57. The first kappa shape index (κ1) is 15.6. The summed E-state index contributed by atoms with van der Waals surface area (Å²) in [5.41, 5.74) is 7.29. The molecule has 0 aliphatic rings. The Morgan fingerprint density at radius 1 is 1.48 bits per heavy atom. The zero-order valence-corrected chi connectivity index (χ0v) is 13.2. The fourth-order valence-corrected chi connectivity index (χ4v) is 2.88. The number of aromatic nitrogens is 2. The molecule has 7 heteroatoms. The van der Waals surface area contributed by atoms with Gasteiger partial charge < -0.3 is 10.5 Å². The van der Waals surface area contributed by atoms with Gasteiger partial charge >= 0.3 is 5.97 Å². The molecule has 0 unspecified atom stereocenters. The van der Waals surface area contributed by atoms with E-state index < -0.39 is 5.97 Å². The third kappa shape index (κ3) is 3.86. The molecule has 110 valence electrons. The molecule has 2 N–H and O–H groups in total. The largest absolute Gasteiger partial charge is 0.462 e. The Morgan fingerprint density at radius 2 is 2.24 bits per heavy atom. The molecule has 0 aliphatic heterocycles. The number of rotatable bonds is 4. The second-order valence-electron chi connectivity index (χ2n) is 4.18. The number of hydrogen-bond acceptors (Lipinski definition) is 6. The monoisotopic (exact) mass is 323 g/mol. The maximum atomic E-state index is 12.0. The van der Waals surface area contributed by atoms with Crippen LogP contribution in [0.1, 0.15) is 23.0 Å². The van der Waals surface area contributed by atoms with Gasteiger partial charge in [0.15, 0.2) is 5.16 Å². The van der Waals surface area contributed by atoms with Gasteiger partial charge in [-0.2, -0.15) is 0 Å². The van der Waals surface area contributed by atoms with E-state index in [9.17, 15) is 4.79 Å². The van der Waals surface area contributed by atoms with Gasteiger partial charge in [-0.1, -0.05) is 11.6 Å². The van der Waals surface area contributed by atoms with E-state index in [-0.39, 0.29) is 6.61 Å². The molecule has 1 aromatic heterocycles. The number of nitrogens with zero attached hydrogens (tertiary/aromatic N) is 2. The molecule has 0 radical (unpaired) electrons. The van der Waals surface area contributed by atoms with Gasteiger partial charge in [-0.25, -0.2) is 14.8 Å². The molecule has 0 saturated carbocycles. The topological polar surface area (TPSA) is 78.1 Å². The van der Waals surface area contributed by atoms with Crippen LogP contribution < -0.4 is 5.73 Å². The number of aryl methyl sites for hydroxylation is 1. The number of halogens is 1. The van der Waals surface area contributed by atoms with Crippen LogP contribution in [-0.4, -0.2) is 22.5 Å². The van der Waals surface area contributed by atoms with E-state index in [0.717, 1.165) is 5.69 Å². The normalized spacial score (nSPS) is 10.4. The van der Waals surface area contributed by atoms with Gasteiger partial charge in [0, 0.05) is 22.5 Å². The van der Waals surface area contributed by atoms with Gasteiger partial charge in [-0.15, -0.1) is 0 Å². The van der Waals surface area contributed by atoms with E-state index in [1.54, 1.807) is 31.3 Å². The predicted octanol–water partition coefficient (Wildman–Crippen LogP) is 3.35. The van der Waals surface area contributed by atoms with Crippen molar-refractivity contribution in [3.63, 3.8) is 0 Å². The summed E-state index contributed by atoms with van der Waals surface area (Å²) < 4.78 is 5.03. The lowest BCUT2D eigenvalue weighted by molar-refractivity contribution is 0.0522. The first-order valence-corrected chi connectivity index (χ1v) is 7.44. The Balaban J connectivity index is 2.44. The van der Waals surface area contributed by atoms with Crippen LogP contribution in [0.5, 0.6) is 0 Å². The number of carbonyl (C=O) groups is 1. The van der Waals surface area contributed by atoms with E-state index in [4.69, 9.17) is 22.1 Å². The van der Waals surface area contributed by atoms with Crippen molar-refractivity contribution in [3.8, 4) is 0 Å². The molecule has 0 fully saturated rings. The lowest BCUT2D eigenvalue weighted by atomic mass is 10.2. The number of nitrogen functional groups attached to an aromatic ring is 1. The summed E-state index contributed by atoms with van der Waals surface area (Å²) >= 11 is 7.41. The molecule has 1 heterocycles. The molecule has 2 rings (SSSR count). The van der Waals surface area contributed by atoms with Crippen LogP contribution in [0.2, 0.25) is 5.02 Å². The average Bonchev–Trinajstić information content (AvgIpc) is 2.42. The lowest BCUT2D eigenvalue weighted by Gasteiger charge is -2.11. The predicted molar refractivity (Wildman–Crippen MR) is 82.7 cm³/mol. The minimum absolute atomic E-state index is 0.274. The van der Waals surface area contributed by atoms with Crippen molar-refractivity contribution in [1.82, 2.24) is 9.97 Å². The summed E-state index contributed by atoms with van der Waals surface area (Å²) in [4.78, 5) is 21.0. The summed E-state index contributed by atoms with van der Waals surface area (Å²) in [5.74, 6) is -0.471. The standard InChI is InChI=1S/C14H14ClN3O2S/c1-3-20-13(19)10-6-9(16)7-11(15)12(10)21-14-17-5-4-8(2)18-14/h4-7H,3,16H2,1-2H3. The van der Waals surface area contributed by atoms with E-state index >= 15 is 0 Å². The highest BCUT2D eigenvalue weighted by Crippen LogP contribution is 2.36. The van der Waals surface area contributed by atoms with E-state index in [2.05, 4.69) is 9.97 Å². The minimum atomic E-state index is -0.471. The molecular formula is C14H14ClN3O2S. The fourth-order valence-electron chi connectivity index (χ4n) is 1.64. The number of anilines is 1. The highest BCUT2D eigenvalue weighted by atomic mass is 35.5. The average molecular weight is 324 g/mol. The first-order chi connectivity index (χ1) is 10.0. The Morgan fingerprint density at radius 3 is 2.90 bits per heavy atom. The van der Waals surface area contributed by atoms with Crippen molar-refractivity contribution >= 4 is 35.0 Å².